The molecule has 1 aromatic heterocycles. The number of aromatic nitrogens is 2. The molecule has 1 saturated heterocycles. The topological polar surface area (TPSA) is 61.4 Å². The first-order valence-electron chi connectivity index (χ1n) is 11.0. The average molecular weight is 470 g/mol. The van der Waals surface area contributed by atoms with E-state index in [0.717, 1.165) is 36.3 Å². The molecule has 4 rings (SSSR count). The van der Waals surface area contributed by atoms with Gasteiger partial charge in [0.15, 0.2) is 5.82 Å². The molecule has 3 aromatic rings. The summed E-state index contributed by atoms with van der Waals surface area (Å²) in [4.78, 5) is 25.7. The lowest BCUT2D eigenvalue weighted by atomic mass is 10.1. The van der Waals surface area contributed by atoms with Gasteiger partial charge in [-0.3, -0.25) is 4.79 Å². The van der Waals surface area contributed by atoms with E-state index in [4.69, 9.17) is 0 Å². The smallest absolute Gasteiger partial charge is 0.366 e. The zero-order valence-corrected chi connectivity index (χ0v) is 19.1. The number of likely N-dealkylation sites (N-methyl/N-ethyl adjacent to an activating group) is 1. The zero-order chi connectivity index (χ0) is 24.3. The molecule has 0 atom stereocenters. The van der Waals surface area contributed by atoms with Gasteiger partial charge in [-0.15, -0.1) is 0 Å². The highest BCUT2D eigenvalue weighted by atomic mass is 19.4. The molecule has 1 amide bonds. The second kappa shape index (κ2) is 9.80. The Morgan fingerprint density at radius 2 is 1.76 bits per heavy atom. The molecule has 2 heterocycles. The first-order valence-corrected chi connectivity index (χ1v) is 11.0. The van der Waals surface area contributed by atoms with E-state index in [2.05, 4.69) is 20.2 Å². The van der Waals surface area contributed by atoms with Gasteiger partial charge >= 0.3 is 6.18 Å². The fourth-order valence-corrected chi connectivity index (χ4v) is 3.76. The van der Waals surface area contributed by atoms with E-state index in [1.54, 1.807) is 24.4 Å². The summed E-state index contributed by atoms with van der Waals surface area (Å²) in [6, 6.07) is 12.4. The maximum absolute atomic E-state index is 13.0. The van der Waals surface area contributed by atoms with Gasteiger partial charge in [-0.05, 0) is 43.8 Å². The van der Waals surface area contributed by atoms with Gasteiger partial charge < -0.3 is 15.1 Å². The molecule has 9 heteroatoms. The van der Waals surface area contributed by atoms with Gasteiger partial charge in [0.2, 0.25) is 0 Å². The summed E-state index contributed by atoms with van der Waals surface area (Å²) in [6.07, 6.45) is -2.72. The number of nitrogens with zero attached hydrogens (tertiary/aromatic N) is 4. The first-order chi connectivity index (χ1) is 16.2. The number of nitrogens with one attached hydrogen (secondary N) is 1. The van der Waals surface area contributed by atoms with Gasteiger partial charge in [0.1, 0.15) is 5.82 Å². The highest BCUT2D eigenvalue weighted by molar-refractivity contribution is 5.94. The van der Waals surface area contributed by atoms with Crippen molar-refractivity contribution >= 4 is 11.7 Å². The number of piperazine rings is 1. The van der Waals surface area contributed by atoms with Crippen LogP contribution in [-0.4, -0.2) is 58.9 Å². The van der Waals surface area contributed by atoms with Crippen molar-refractivity contribution < 1.29 is 18.0 Å². The third-order valence-corrected chi connectivity index (χ3v) is 5.87. The van der Waals surface area contributed by atoms with Crippen molar-refractivity contribution in [1.29, 1.82) is 0 Å². The number of carbonyl (C=O) groups excluding carboxylic acids is 1. The minimum atomic E-state index is -4.38. The fourth-order valence-electron chi connectivity index (χ4n) is 3.76. The molecule has 0 saturated carbocycles. The maximum Gasteiger partial charge on any atom is 0.416 e. The number of carbonyl (C=O) groups is 1. The summed E-state index contributed by atoms with van der Waals surface area (Å²) >= 11 is 0. The van der Waals surface area contributed by atoms with E-state index in [0.29, 0.717) is 35.9 Å². The minimum absolute atomic E-state index is 0.00733. The van der Waals surface area contributed by atoms with E-state index < -0.39 is 11.7 Å². The molecule has 0 bridgehead atoms. The van der Waals surface area contributed by atoms with Crippen LogP contribution in [0.4, 0.5) is 19.0 Å². The predicted molar refractivity (Wildman–Crippen MR) is 124 cm³/mol. The highest BCUT2D eigenvalue weighted by Gasteiger charge is 2.30. The molecule has 0 spiro atoms. The van der Waals surface area contributed by atoms with E-state index >= 15 is 0 Å². The maximum atomic E-state index is 13.0. The minimum Gasteiger partial charge on any atom is -0.366 e. The molecule has 2 aromatic carbocycles. The number of anilines is 1. The third kappa shape index (κ3) is 5.53. The van der Waals surface area contributed by atoms with Crippen molar-refractivity contribution in [3.05, 3.63) is 77.0 Å². The Morgan fingerprint density at radius 1 is 1.06 bits per heavy atom. The van der Waals surface area contributed by atoms with Crippen molar-refractivity contribution in [2.75, 3.05) is 38.5 Å². The van der Waals surface area contributed by atoms with Crippen LogP contribution in [0.2, 0.25) is 0 Å². The van der Waals surface area contributed by atoms with Gasteiger partial charge in [0, 0.05) is 55.6 Å². The van der Waals surface area contributed by atoms with Crippen molar-refractivity contribution in [2.24, 2.45) is 0 Å². The molecule has 6 nitrogen and oxygen atoms in total. The number of halogens is 3. The third-order valence-electron chi connectivity index (χ3n) is 5.87. The van der Waals surface area contributed by atoms with Gasteiger partial charge in [-0.1, -0.05) is 24.3 Å². The van der Waals surface area contributed by atoms with Crippen LogP contribution < -0.4 is 5.32 Å². The Morgan fingerprint density at radius 3 is 2.44 bits per heavy atom. The average Bonchev–Trinajstić information content (AvgIpc) is 2.83. The fraction of sp³-hybridized carbons (Fsp3) is 0.320. The quantitative estimate of drug-likeness (QED) is 0.598. The molecule has 0 aliphatic carbocycles. The molecular weight excluding hydrogens is 443 g/mol. The van der Waals surface area contributed by atoms with Gasteiger partial charge in [-0.25, -0.2) is 9.97 Å². The molecule has 1 fully saturated rings. The Kier molecular flexibility index (Phi) is 6.83. The molecule has 178 valence electrons. The lowest BCUT2D eigenvalue weighted by Gasteiger charge is -2.32. The molecule has 1 aliphatic heterocycles. The molecule has 0 unspecified atom stereocenters. The predicted octanol–water partition coefficient (Wildman–Crippen LogP) is 4.47. The number of benzene rings is 2. The lowest BCUT2D eigenvalue weighted by Crippen LogP contribution is -2.47. The van der Waals surface area contributed by atoms with Gasteiger partial charge in [0.25, 0.3) is 5.91 Å². The second-order valence-electron chi connectivity index (χ2n) is 8.45. The van der Waals surface area contributed by atoms with Crippen LogP contribution in [0.25, 0.3) is 11.4 Å². The molecule has 0 radical (unpaired) electrons. The SMILES string of the molecule is Cc1cnc(-c2ccc(C(=O)N3CCN(C)CC3)cc2)nc1NCc1cccc(C(F)(F)F)c1. The van der Waals surface area contributed by atoms with Crippen LogP contribution in [0.3, 0.4) is 0 Å². The number of hydrogen-bond donors (Lipinski definition) is 1. The number of rotatable bonds is 5. The van der Waals surface area contributed by atoms with Crippen LogP contribution >= 0.6 is 0 Å². The van der Waals surface area contributed by atoms with Gasteiger partial charge in [0.05, 0.1) is 5.56 Å². The Hall–Kier alpha value is -3.46. The van der Waals surface area contributed by atoms with Crippen molar-refractivity contribution in [3.63, 3.8) is 0 Å². The molecule has 1 N–H and O–H groups in total. The van der Waals surface area contributed by atoms with E-state index in [1.807, 2.05) is 31.0 Å². The monoisotopic (exact) mass is 469 g/mol. The highest BCUT2D eigenvalue weighted by Crippen LogP contribution is 2.30. The van der Waals surface area contributed by atoms with Crippen molar-refractivity contribution in [2.45, 2.75) is 19.6 Å². The standard InChI is InChI=1S/C25H26F3N5O/c1-17-15-29-23(31-22(17)30-16-18-4-3-5-21(14-18)25(26,27)28)19-6-8-20(9-7-19)24(34)33-12-10-32(2)11-13-33/h3-9,14-15H,10-13,16H2,1-2H3,(H,29,30,31). The largest absolute Gasteiger partial charge is 0.416 e. The van der Waals surface area contributed by atoms with Crippen LogP contribution in [0, 0.1) is 6.92 Å². The molecule has 1 aliphatic rings. The Labute approximate surface area is 196 Å². The Balaban J connectivity index is 1.46. The van der Waals surface area contributed by atoms with Crippen molar-refractivity contribution in [3.8, 4) is 11.4 Å². The van der Waals surface area contributed by atoms with Crippen LogP contribution in [0.15, 0.2) is 54.7 Å². The first kappa shape index (κ1) is 23.7. The number of aryl methyl sites for hydroxylation is 1. The van der Waals surface area contributed by atoms with Crippen LogP contribution in [-0.2, 0) is 12.7 Å². The summed E-state index contributed by atoms with van der Waals surface area (Å²) in [5.41, 5.74) is 1.96. The summed E-state index contributed by atoms with van der Waals surface area (Å²) < 4.78 is 38.9. The number of amides is 1. The van der Waals surface area contributed by atoms with E-state index in [-0.39, 0.29) is 12.5 Å². The summed E-state index contributed by atoms with van der Waals surface area (Å²) in [6.45, 7) is 5.16. The van der Waals surface area contributed by atoms with Gasteiger partial charge in [-0.2, -0.15) is 13.2 Å². The summed E-state index contributed by atoms with van der Waals surface area (Å²) in [7, 11) is 2.04. The zero-order valence-electron chi connectivity index (χ0n) is 19.1. The van der Waals surface area contributed by atoms with E-state index in [1.165, 1.54) is 6.07 Å². The summed E-state index contributed by atoms with van der Waals surface area (Å²) in [5, 5.41) is 3.11. The number of alkyl halides is 3. The summed E-state index contributed by atoms with van der Waals surface area (Å²) in [5.74, 6) is 1.02. The normalized spacial score (nSPS) is 14.8. The van der Waals surface area contributed by atoms with Crippen molar-refractivity contribution in [1.82, 2.24) is 19.8 Å². The van der Waals surface area contributed by atoms with Crippen LogP contribution in [0.5, 0.6) is 0 Å². The molecule has 34 heavy (non-hydrogen) atoms. The second-order valence-corrected chi connectivity index (χ2v) is 8.45. The lowest BCUT2D eigenvalue weighted by molar-refractivity contribution is -0.137. The number of hydrogen-bond acceptors (Lipinski definition) is 5. The molecular formula is C25H26F3N5O. The van der Waals surface area contributed by atoms with Crippen LogP contribution in [0.1, 0.15) is 27.0 Å². The Bertz CT molecular complexity index is 1160. The van der Waals surface area contributed by atoms with E-state index in [9.17, 15) is 18.0 Å².